The smallest absolute Gasteiger partial charge is 0.139 e. The van der Waals surface area contributed by atoms with Crippen LogP contribution in [0, 0.1) is 0 Å². The van der Waals surface area contributed by atoms with Crippen LogP contribution < -0.4 is 0 Å². The molecule has 0 N–H and O–H groups in total. The van der Waals surface area contributed by atoms with Gasteiger partial charge in [-0.05, 0) is 28.1 Å². The monoisotopic (exact) mass is 281 g/mol. The second-order valence-corrected chi connectivity index (χ2v) is 5.08. The number of aromatic nitrogens is 1. The van der Waals surface area contributed by atoms with E-state index in [1.54, 1.807) is 0 Å². The summed E-state index contributed by atoms with van der Waals surface area (Å²) < 4.78 is 2.51. The molecule has 0 amide bonds. The number of thiophene rings is 1. The van der Waals surface area contributed by atoms with Crippen LogP contribution in [0.3, 0.4) is 0 Å². The standard InChI is InChI=1S/C7H2BrCl2NS/c8-5-2-4-3(7(10)11-5)1-6(9)12-4/h1-2H. The molecule has 12 heavy (non-hydrogen) atoms. The minimum Gasteiger partial charge on any atom is -0.228 e. The van der Waals surface area contributed by atoms with Gasteiger partial charge in [0, 0.05) is 10.1 Å². The fourth-order valence-electron chi connectivity index (χ4n) is 0.937. The summed E-state index contributed by atoms with van der Waals surface area (Å²) in [5, 5.41) is 1.40. The highest BCUT2D eigenvalue weighted by Gasteiger charge is 2.05. The third kappa shape index (κ3) is 1.46. The third-order valence-electron chi connectivity index (χ3n) is 1.41. The second-order valence-electron chi connectivity index (χ2n) is 2.20. The second kappa shape index (κ2) is 3.14. The van der Waals surface area contributed by atoms with Crippen LogP contribution in [0.5, 0.6) is 0 Å². The summed E-state index contributed by atoms with van der Waals surface area (Å²) in [6.07, 6.45) is 0. The molecule has 2 aromatic rings. The minimum atomic E-state index is 0.488. The predicted octanol–water partition coefficient (Wildman–Crippen LogP) is 4.37. The van der Waals surface area contributed by atoms with Gasteiger partial charge < -0.3 is 0 Å². The van der Waals surface area contributed by atoms with Gasteiger partial charge in [-0.3, -0.25) is 0 Å². The van der Waals surface area contributed by atoms with E-state index in [4.69, 9.17) is 23.2 Å². The lowest BCUT2D eigenvalue weighted by molar-refractivity contribution is 1.31. The molecule has 0 unspecified atom stereocenters. The highest BCUT2D eigenvalue weighted by Crippen LogP contribution is 2.34. The number of pyridine rings is 1. The van der Waals surface area contributed by atoms with Gasteiger partial charge in [-0.15, -0.1) is 11.3 Å². The topological polar surface area (TPSA) is 12.9 Å². The molecule has 2 heterocycles. The summed E-state index contributed by atoms with van der Waals surface area (Å²) in [5.74, 6) is 0. The Morgan fingerprint density at radius 3 is 2.83 bits per heavy atom. The lowest BCUT2D eigenvalue weighted by Gasteiger charge is -1.92. The zero-order valence-electron chi connectivity index (χ0n) is 5.64. The normalized spacial score (nSPS) is 10.9. The average molecular weight is 283 g/mol. The first-order valence-electron chi connectivity index (χ1n) is 3.08. The van der Waals surface area contributed by atoms with Gasteiger partial charge in [0.1, 0.15) is 9.76 Å². The van der Waals surface area contributed by atoms with Crippen LogP contribution in [0.2, 0.25) is 9.49 Å². The molecule has 2 rings (SSSR count). The van der Waals surface area contributed by atoms with E-state index in [1.807, 2.05) is 12.1 Å². The van der Waals surface area contributed by atoms with Gasteiger partial charge >= 0.3 is 0 Å². The number of fused-ring (bicyclic) bond motifs is 1. The Morgan fingerprint density at radius 1 is 1.33 bits per heavy atom. The van der Waals surface area contributed by atoms with Crippen molar-refractivity contribution in [1.82, 2.24) is 4.98 Å². The number of rotatable bonds is 0. The molecule has 1 nitrogen and oxygen atoms in total. The van der Waals surface area contributed by atoms with Crippen molar-refractivity contribution in [3.8, 4) is 0 Å². The van der Waals surface area contributed by atoms with E-state index >= 15 is 0 Å². The molecule has 0 aromatic carbocycles. The SMILES string of the molecule is Clc1cc2c(Cl)nc(Br)cc2s1. The highest BCUT2D eigenvalue weighted by atomic mass is 79.9. The first kappa shape index (κ1) is 8.75. The third-order valence-corrected chi connectivity index (χ3v) is 3.31. The van der Waals surface area contributed by atoms with Gasteiger partial charge in [-0.2, -0.15) is 0 Å². The van der Waals surface area contributed by atoms with Crippen molar-refractivity contribution in [3.05, 3.63) is 26.2 Å². The summed E-state index contributed by atoms with van der Waals surface area (Å²) >= 11 is 16.5. The number of halogens is 3. The van der Waals surface area contributed by atoms with Gasteiger partial charge in [0.25, 0.3) is 0 Å². The maximum absolute atomic E-state index is 5.88. The van der Waals surface area contributed by atoms with Crippen LogP contribution in [0.4, 0.5) is 0 Å². The highest BCUT2D eigenvalue weighted by molar-refractivity contribution is 9.10. The van der Waals surface area contributed by atoms with Crippen LogP contribution in [0.1, 0.15) is 0 Å². The van der Waals surface area contributed by atoms with E-state index in [2.05, 4.69) is 20.9 Å². The first-order chi connectivity index (χ1) is 5.66. The Labute approximate surface area is 91.4 Å². The summed E-state index contributed by atoms with van der Waals surface area (Å²) in [5.41, 5.74) is 0. The van der Waals surface area contributed by atoms with Crippen LogP contribution in [0.25, 0.3) is 10.1 Å². The van der Waals surface area contributed by atoms with Crippen LogP contribution >= 0.6 is 50.5 Å². The van der Waals surface area contributed by atoms with Gasteiger partial charge in [0.05, 0.1) is 4.34 Å². The molecule has 0 aliphatic carbocycles. The largest absolute Gasteiger partial charge is 0.228 e. The number of hydrogen-bond donors (Lipinski definition) is 0. The Balaban J connectivity index is 2.88. The molecular weight excluding hydrogens is 281 g/mol. The van der Waals surface area contributed by atoms with Gasteiger partial charge in [-0.25, -0.2) is 4.98 Å². The maximum atomic E-state index is 5.88. The summed E-state index contributed by atoms with van der Waals surface area (Å²) in [6.45, 7) is 0. The van der Waals surface area contributed by atoms with Crippen molar-refractivity contribution in [3.63, 3.8) is 0 Å². The van der Waals surface area contributed by atoms with Crippen molar-refractivity contribution in [2.45, 2.75) is 0 Å². The van der Waals surface area contributed by atoms with E-state index in [9.17, 15) is 0 Å². The van der Waals surface area contributed by atoms with E-state index < -0.39 is 0 Å². The van der Waals surface area contributed by atoms with Gasteiger partial charge in [-0.1, -0.05) is 23.2 Å². The Bertz CT molecular complexity index is 440. The van der Waals surface area contributed by atoms with Gasteiger partial charge in [0.15, 0.2) is 0 Å². The zero-order valence-corrected chi connectivity index (χ0v) is 9.56. The number of hydrogen-bond acceptors (Lipinski definition) is 2. The molecule has 0 aliphatic heterocycles. The maximum Gasteiger partial charge on any atom is 0.139 e. The van der Waals surface area contributed by atoms with Crippen LogP contribution in [-0.2, 0) is 0 Å². The molecule has 0 spiro atoms. The van der Waals surface area contributed by atoms with Gasteiger partial charge in [0.2, 0.25) is 0 Å². The molecule has 0 saturated carbocycles. The Hall–Kier alpha value is 0.170. The Morgan fingerprint density at radius 2 is 2.08 bits per heavy atom. The van der Waals surface area contributed by atoms with Crippen LogP contribution in [-0.4, -0.2) is 4.98 Å². The van der Waals surface area contributed by atoms with E-state index in [-0.39, 0.29) is 0 Å². The number of nitrogens with zero attached hydrogens (tertiary/aromatic N) is 1. The van der Waals surface area contributed by atoms with Crippen LogP contribution in [0.15, 0.2) is 16.7 Å². The summed E-state index contributed by atoms with van der Waals surface area (Å²) in [6, 6.07) is 3.72. The fraction of sp³-hybridized carbons (Fsp3) is 0. The molecule has 0 saturated heterocycles. The quantitative estimate of drug-likeness (QED) is 0.654. The molecule has 0 atom stereocenters. The zero-order chi connectivity index (χ0) is 8.72. The van der Waals surface area contributed by atoms with Crippen molar-refractivity contribution in [2.75, 3.05) is 0 Å². The average Bonchev–Trinajstić information content (AvgIpc) is 2.29. The first-order valence-corrected chi connectivity index (χ1v) is 5.44. The van der Waals surface area contributed by atoms with E-state index in [1.165, 1.54) is 11.3 Å². The molecule has 0 bridgehead atoms. The molecule has 5 heteroatoms. The lowest BCUT2D eigenvalue weighted by atomic mass is 10.3. The van der Waals surface area contributed by atoms with E-state index in [0.29, 0.717) is 5.15 Å². The van der Waals surface area contributed by atoms with Crippen molar-refractivity contribution < 1.29 is 0 Å². The lowest BCUT2D eigenvalue weighted by Crippen LogP contribution is -1.75. The minimum absolute atomic E-state index is 0.488. The van der Waals surface area contributed by atoms with E-state index in [0.717, 1.165) is 19.0 Å². The molecule has 0 fully saturated rings. The summed E-state index contributed by atoms with van der Waals surface area (Å²) in [4.78, 5) is 4.05. The molecule has 2 aromatic heterocycles. The molecule has 62 valence electrons. The van der Waals surface area contributed by atoms with Crippen molar-refractivity contribution in [1.29, 1.82) is 0 Å². The Kier molecular flexibility index (Phi) is 2.29. The van der Waals surface area contributed by atoms with Crippen molar-refractivity contribution >= 4 is 60.6 Å². The molecule has 0 radical (unpaired) electrons. The summed E-state index contributed by atoms with van der Waals surface area (Å²) in [7, 11) is 0. The molecular formula is C7H2BrCl2NS. The molecule has 0 aliphatic rings. The van der Waals surface area contributed by atoms with Crippen molar-refractivity contribution in [2.24, 2.45) is 0 Å². The fourth-order valence-corrected chi connectivity index (χ4v) is 3.08. The predicted molar refractivity (Wildman–Crippen MR) is 57.3 cm³/mol.